The van der Waals surface area contributed by atoms with E-state index in [1.165, 1.54) is 0 Å². The molecule has 0 atom stereocenters. The van der Waals surface area contributed by atoms with Gasteiger partial charge < -0.3 is 10.5 Å². The lowest BCUT2D eigenvalue weighted by atomic mass is 10.1. The molecule has 9 heteroatoms. The molecule has 0 aromatic heterocycles. The van der Waals surface area contributed by atoms with Crippen LogP contribution in [0.1, 0.15) is 5.56 Å². The first kappa shape index (κ1) is 13.8. The van der Waals surface area contributed by atoms with Gasteiger partial charge in [-0.05, 0) is 6.07 Å². The van der Waals surface area contributed by atoms with Crippen LogP contribution >= 0.6 is 11.6 Å². The maximum absolute atomic E-state index is 12.4. The van der Waals surface area contributed by atoms with Crippen LogP contribution in [0.4, 0.5) is 32.0 Å². The first-order chi connectivity index (χ1) is 7.50. The van der Waals surface area contributed by atoms with E-state index in [1.54, 1.807) is 0 Å². The standard InChI is InChI=1S/C8H4ClF6NO/c9-4-2-6(17-8(13,14)15)3(1-5(4)16)7(10,11)12/h1-2H,16H2. The van der Waals surface area contributed by atoms with Crippen LogP contribution in [0.2, 0.25) is 5.02 Å². The van der Waals surface area contributed by atoms with Gasteiger partial charge >= 0.3 is 12.5 Å². The first-order valence-electron chi connectivity index (χ1n) is 3.92. The molecular formula is C8H4ClF6NO. The fraction of sp³-hybridized carbons (Fsp3) is 0.250. The largest absolute Gasteiger partial charge is 0.573 e. The second-order valence-corrected chi connectivity index (χ2v) is 3.32. The van der Waals surface area contributed by atoms with Crippen molar-refractivity contribution in [1.82, 2.24) is 0 Å². The minimum absolute atomic E-state index is 0.281. The summed E-state index contributed by atoms with van der Waals surface area (Å²) in [5, 5.41) is -0.461. The number of hydrogen-bond acceptors (Lipinski definition) is 2. The SMILES string of the molecule is Nc1cc(C(F)(F)F)c(OC(F)(F)F)cc1Cl. The van der Waals surface area contributed by atoms with E-state index in [2.05, 4.69) is 4.74 Å². The fourth-order valence-corrected chi connectivity index (χ4v) is 1.16. The van der Waals surface area contributed by atoms with E-state index in [0.29, 0.717) is 6.07 Å². The summed E-state index contributed by atoms with van der Waals surface area (Å²) in [7, 11) is 0. The number of benzene rings is 1. The van der Waals surface area contributed by atoms with Gasteiger partial charge in [-0.25, -0.2) is 0 Å². The van der Waals surface area contributed by atoms with Crippen LogP contribution < -0.4 is 10.5 Å². The Hall–Kier alpha value is -1.31. The molecule has 0 fully saturated rings. The average Bonchev–Trinajstić information content (AvgIpc) is 2.06. The molecule has 0 aliphatic heterocycles. The zero-order valence-electron chi connectivity index (χ0n) is 7.79. The highest BCUT2D eigenvalue weighted by atomic mass is 35.5. The van der Waals surface area contributed by atoms with Gasteiger partial charge in [0.1, 0.15) is 5.75 Å². The number of anilines is 1. The quantitative estimate of drug-likeness (QED) is 0.626. The molecule has 2 N–H and O–H groups in total. The van der Waals surface area contributed by atoms with E-state index in [9.17, 15) is 26.3 Å². The second kappa shape index (κ2) is 4.17. The molecule has 0 aliphatic rings. The van der Waals surface area contributed by atoms with E-state index >= 15 is 0 Å². The Morgan fingerprint density at radius 3 is 2.00 bits per heavy atom. The lowest BCUT2D eigenvalue weighted by molar-refractivity contribution is -0.276. The van der Waals surface area contributed by atoms with Crippen LogP contribution in [0.15, 0.2) is 12.1 Å². The maximum atomic E-state index is 12.4. The number of nitrogen functional groups attached to an aromatic ring is 1. The Kier molecular flexibility index (Phi) is 3.37. The van der Waals surface area contributed by atoms with E-state index in [4.69, 9.17) is 17.3 Å². The van der Waals surface area contributed by atoms with Crippen molar-refractivity contribution >= 4 is 17.3 Å². The van der Waals surface area contributed by atoms with Crippen LogP contribution in [0.5, 0.6) is 5.75 Å². The lowest BCUT2D eigenvalue weighted by Crippen LogP contribution is -2.20. The van der Waals surface area contributed by atoms with E-state index in [0.717, 1.165) is 0 Å². The maximum Gasteiger partial charge on any atom is 0.573 e. The minimum Gasteiger partial charge on any atom is -0.405 e. The molecule has 2 nitrogen and oxygen atoms in total. The third kappa shape index (κ3) is 3.58. The van der Waals surface area contributed by atoms with Gasteiger partial charge in [0.25, 0.3) is 0 Å². The van der Waals surface area contributed by atoms with Crippen molar-refractivity contribution in [3.8, 4) is 5.75 Å². The van der Waals surface area contributed by atoms with Gasteiger partial charge in [-0.2, -0.15) is 13.2 Å². The van der Waals surface area contributed by atoms with Crippen LogP contribution in [-0.4, -0.2) is 6.36 Å². The number of nitrogens with two attached hydrogens (primary N) is 1. The lowest BCUT2D eigenvalue weighted by Gasteiger charge is -2.16. The van der Waals surface area contributed by atoms with Gasteiger partial charge in [-0.1, -0.05) is 11.6 Å². The van der Waals surface area contributed by atoms with Crippen molar-refractivity contribution in [2.75, 3.05) is 5.73 Å². The van der Waals surface area contributed by atoms with Crippen molar-refractivity contribution in [1.29, 1.82) is 0 Å². The van der Waals surface area contributed by atoms with Crippen molar-refractivity contribution in [3.05, 3.63) is 22.7 Å². The molecule has 0 saturated carbocycles. The molecule has 0 aliphatic carbocycles. The molecular weight excluding hydrogens is 276 g/mol. The molecule has 96 valence electrons. The van der Waals surface area contributed by atoms with Gasteiger partial charge in [0, 0.05) is 6.07 Å². The van der Waals surface area contributed by atoms with E-state index < -0.39 is 34.6 Å². The number of alkyl halides is 6. The molecule has 0 bridgehead atoms. The zero-order valence-corrected chi connectivity index (χ0v) is 8.54. The third-order valence-electron chi connectivity index (χ3n) is 1.63. The topological polar surface area (TPSA) is 35.2 Å². The number of hydrogen-bond donors (Lipinski definition) is 1. The molecule has 0 heterocycles. The molecule has 0 amide bonds. The summed E-state index contributed by atoms with van der Waals surface area (Å²) in [5.41, 5.74) is 2.95. The van der Waals surface area contributed by atoms with Crippen molar-refractivity contribution < 1.29 is 31.1 Å². The van der Waals surface area contributed by atoms with Gasteiger partial charge in [-0.15, -0.1) is 13.2 Å². The Morgan fingerprint density at radius 1 is 1.06 bits per heavy atom. The summed E-state index contributed by atoms with van der Waals surface area (Å²) >= 11 is 5.33. The predicted molar refractivity (Wildman–Crippen MR) is 47.5 cm³/mol. The van der Waals surface area contributed by atoms with Crippen molar-refractivity contribution in [3.63, 3.8) is 0 Å². The number of rotatable bonds is 1. The monoisotopic (exact) mass is 279 g/mol. The first-order valence-corrected chi connectivity index (χ1v) is 4.30. The van der Waals surface area contributed by atoms with Gasteiger partial charge in [0.05, 0.1) is 16.3 Å². The van der Waals surface area contributed by atoms with E-state index in [-0.39, 0.29) is 6.07 Å². The average molecular weight is 280 g/mol. The van der Waals surface area contributed by atoms with Crippen LogP contribution in [0, 0.1) is 0 Å². The summed E-state index contributed by atoms with van der Waals surface area (Å²) in [6, 6.07) is 0.649. The number of ether oxygens (including phenoxy) is 1. The second-order valence-electron chi connectivity index (χ2n) is 2.92. The molecule has 0 saturated heterocycles. The van der Waals surface area contributed by atoms with E-state index in [1.807, 2.05) is 0 Å². The summed E-state index contributed by atoms with van der Waals surface area (Å²) in [4.78, 5) is 0. The molecule has 17 heavy (non-hydrogen) atoms. The summed E-state index contributed by atoms with van der Waals surface area (Å²) in [5.74, 6) is -1.44. The van der Waals surface area contributed by atoms with Gasteiger partial charge in [0.2, 0.25) is 0 Å². The molecule has 0 spiro atoms. The highest BCUT2D eigenvalue weighted by molar-refractivity contribution is 6.33. The molecule has 0 unspecified atom stereocenters. The Bertz CT molecular complexity index is 427. The van der Waals surface area contributed by atoms with Crippen molar-refractivity contribution in [2.24, 2.45) is 0 Å². The summed E-state index contributed by atoms with van der Waals surface area (Å²) < 4.78 is 76.0. The molecule has 1 aromatic carbocycles. The minimum atomic E-state index is -5.25. The van der Waals surface area contributed by atoms with Crippen LogP contribution in [-0.2, 0) is 6.18 Å². The molecule has 1 aromatic rings. The zero-order chi connectivity index (χ0) is 13.4. The number of halogens is 7. The fourth-order valence-electron chi connectivity index (χ4n) is 1.00. The summed E-state index contributed by atoms with van der Waals surface area (Å²) in [6.07, 6.45) is -10.3. The smallest absolute Gasteiger partial charge is 0.405 e. The van der Waals surface area contributed by atoms with Gasteiger partial charge in [0.15, 0.2) is 0 Å². The van der Waals surface area contributed by atoms with Crippen LogP contribution in [0.25, 0.3) is 0 Å². The highest BCUT2D eigenvalue weighted by Crippen LogP contribution is 2.41. The van der Waals surface area contributed by atoms with Crippen LogP contribution in [0.3, 0.4) is 0 Å². The van der Waals surface area contributed by atoms with Crippen molar-refractivity contribution in [2.45, 2.75) is 12.5 Å². The Balaban J connectivity index is 3.32. The predicted octanol–water partition coefficient (Wildman–Crippen LogP) is 3.84. The Morgan fingerprint density at radius 2 is 1.59 bits per heavy atom. The highest BCUT2D eigenvalue weighted by Gasteiger charge is 2.39. The van der Waals surface area contributed by atoms with Gasteiger partial charge in [-0.3, -0.25) is 0 Å². The molecule has 0 radical (unpaired) electrons. The molecule has 1 rings (SSSR count). The third-order valence-corrected chi connectivity index (χ3v) is 1.96. The summed E-state index contributed by atoms with van der Waals surface area (Å²) in [6.45, 7) is 0. The Labute approximate surface area is 95.9 Å². The normalized spacial score (nSPS) is 12.6.